The largest absolute Gasteiger partial charge is 0.378 e. The molecule has 0 unspecified atom stereocenters. The Balaban J connectivity index is 2.00. The molecule has 0 aliphatic rings. The minimum absolute atomic E-state index is 0.543. The Bertz CT molecular complexity index is 731. The van der Waals surface area contributed by atoms with E-state index in [9.17, 15) is 4.79 Å². The Morgan fingerprint density at radius 1 is 1.00 bits per heavy atom. The first kappa shape index (κ1) is 16.3. The van der Waals surface area contributed by atoms with E-state index in [2.05, 4.69) is 21.1 Å². The molecular formula is C15H14Cl2N4O. The molecule has 0 saturated carbocycles. The van der Waals surface area contributed by atoms with Crippen LogP contribution in [-0.2, 0) is 0 Å². The number of anilines is 1. The number of halogens is 2. The number of carbonyl (C=O) groups excluding carboxylic acids is 1. The number of hydrogen-bond acceptors (Lipinski definition) is 3. The van der Waals surface area contributed by atoms with E-state index in [4.69, 9.17) is 23.2 Å². The highest BCUT2D eigenvalue weighted by atomic mass is 35.5. The van der Waals surface area contributed by atoms with Crippen molar-refractivity contribution >= 4 is 40.6 Å². The lowest BCUT2D eigenvalue weighted by Gasteiger charge is -2.09. The van der Waals surface area contributed by atoms with Crippen molar-refractivity contribution in [2.24, 2.45) is 10.2 Å². The zero-order valence-corrected chi connectivity index (χ0v) is 13.5. The summed E-state index contributed by atoms with van der Waals surface area (Å²) in [6, 6.07) is 9.94. The van der Waals surface area contributed by atoms with Crippen LogP contribution in [0.3, 0.4) is 0 Å². The summed E-state index contributed by atoms with van der Waals surface area (Å²) >= 11 is 12.0. The molecule has 22 heavy (non-hydrogen) atoms. The molecule has 2 rings (SSSR count). The number of hydrogen-bond donors (Lipinski definition) is 2. The van der Waals surface area contributed by atoms with Crippen LogP contribution in [-0.4, -0.2) is 6.03 Å². The average Bonchev–Trinajstić information content (AvgIpc) is 2.50. The van der Waals surface area contributed by atoms with E-state index in [-0.39, 0.29) is 0 Å². The molecule has 2 aromatic carbocycles. The van der Waals surface area contributed by atoms with Gasteiger partial charge in [0.25, 0.3) is 0 Å². The highest BCUT2D eigenvalue weighted by Gasteiger charge is 2.04. The van der Waals surface area contributed by atoms with Crippen LogP contribution < -0.4 is 10.9 Å². The Hall–Kier alpha value is -2.11. The molecule has 0 atom stereocenters. The van der Waals surface area contributed by atoms with Gasteiger partial charge in [0.1, 0.15) is 0 Å². The van der Waals surface area contributed by atoms with Gasteiger partial charge in [0.2, 0.25) is 0 Å². The van der Waals surface area contributed by atoms with Crippen molar-refractivity contribution in [2.75, 3.05) is 5.43 Å². The van der Waals surface area contributed by atoms with Gasteiger partial charge in [-0.3, -0.25) is 5.43 Å². The van der Waals surface area contributed by atoms with Crippen molar-refractivity contribution in [3.05, 3.63) is 57.6 Å². The van der Waals surface area contributed by atoms with Gasteiger partial charge >= 0.3 is 6.03 Å². The van der Waals surface area contributed by atoms with E-state index in [0.29, 0.717) is 21.4 Å². The van der Waals surface area contributed by atoms with Crippen LogP contribution in [0.1, 0.15) is 11.1 Å². The van der Waals surface area contributed by atoms with Gasteiger partial charge in [-0.1, -0.05) is 40.4 Å². The fraction of sp³-hybridized carbons (Fsp3) is 0.133. The molecule has 2 amide bonds. The van der Waals surface area contributed by atoms with E-state index < -0.39 is 6.03 Å². The van der Waals surface area contributed by atoms with E-state index in [1.165, 1.54) is 0 Å². The minimum Gasteiger partial charge on any atom is -0.297 e. The summed E-state index contributed by atoms with van der Waals surface area (Å²) in [4.78, 5) is 11.7. The first-order chi connectivity index (χ1) is 10.5. The lowest BCUT2D eigenvalue weighted by atomic mass is 10.2. The van der Waals surface area contributed by atoms with E-state index in [1.54, 1.807) is 36.4 Å². The summed E-state index contributed by atoms with van der Waals surface area (Å²) in [7, 11) is 0. The van der Waals surface area contributed by atoms with Crippen LogP contribution in [0.2, 0.25) is 10.0 Å². The van der Waals surface area contributed by atoms with Gasteiger partial charge in [-0.25, -0.2) is 10.2 Å². The van der Waals surface area contributed by atoms with Gasteiger partial charge in [-0.15, -0.1) is 5.11 Å². The molecule has 114 valence electrons. The van der Waals surface area contributed by atoms with E-state index in [0.717, 1.165) is 11.1 Å². The maximum absolute atomic E-state index is 11.7. The monoisotopic (exact) mass is 336 g/mol. The number of benzene rings is 2. The Labute approximate surface area is 138 Å². The highest BCUT2D eigenvalue weighted by molar-refractivity contribution is 6.32. The number of carbonyl (C=O) groups is 1. The quantitative estimate of drug-likeness (QED) is 0.579. The summed E-state index contributed by atoms with van der Waals surface area (Å²) in [5, 5.41) is 8.65. The molecule has 7 heteroatoms. The summed E-state index contributed by atoms with van der Waals surface area (Å²) in [6.45, 7) is 3.65. The first-order valence-corrected chi connectivity index (χ1v) is 7.22. The number of azo groups is 1. The highest BCUT2D eigenvalue weighted by Crippen LogP contribution is 2.25. The average molecular weight is 337 g/mol. The van der Waals surface area contributed by atoms with Gasteiger partial charge in [0, 0.05) is 10.0 Å². The van der Waals surface area contributed by atoms with Crippen LogP contribution in [0.15, 0.2) is 46.6 Å². The second-order valence-corrected chi connectivity index (χ2v) is 5.37. The third kappa shape index (κ3) is 3.96. The third-order valence-corrected chi connectivity index (χ3v) is 3.88. The van der Waals surface area contributed by atoms with Crippen LogP contribution in [0.25, 0.3) is 0 Å². The van der Waals surface area contributed by atoms with Gasteiger partial charge in [-0.2, -0.15) is 0 Å². The van der Waals surface area contributed by atoms with Gasteiger partial charge in [-0.05, 0) is 49.2 Å². The predicted molar refractivity (Wildman–Crippen MR) is 89.0 cm³/mol. The third-order valence-electron chi connectivity index (χ3n) is 3.06. The van der Waals surface area contributed by atoms with Gasteiger partial charge < -0.3 is 0 Å². The molecule has 0 bridgehead atoms. The van der Waals surface area contributed by atoms with Crippen molar-refractivity contribution in [2.45, 2.75) is 13.8 Å². The van der Waals surface area contributed by atoms with E-state index >= 15 is 0 Å². The van der Waals surface area contributed by atoms with Crippen molar-refractivity contribution in [1.29, 1.82) is 0 Å². The fourth-order valence-corrected chi connectivity index (χ4v) is 2.04. The van der Waals surface area contributed by atoms with Crippen molar-refractivity contribution < 1.29 is 4.79 Å². The zero-order valence-electron chi connectivity index (χ0n) is 12.0. The second kappa shape index (κ2) is 7.24. The molecule has 0 spiro atoms. The number of amides is 2. The molecule has 0 radical (unpaired) electrons. The molecule has 0 fully saturated rings. The van der Waals surface area contributed by atoms with Crippen LogP contribution in [0.4, 0.5) is 16.2 Å². The van der Waals surface area contributed by atoms with Crippen LogP contribution in [0, 0.1) is 13.8 Å². The van der Waals surface area contributed by atoms with Crippen LogP contribution >= 0.6 is 23.2 Å². The first-order valence-electron chi connectivity index (χ1n) is 6.47. The Morgan fingerprint density at radius 2 is 1.64 bits per heavy atom. The van der Waals surface area contributed by atoms with Crippen molar-refractivity contribution in [3.8, 4) is 0 Å². The van der Waals surface area contributed by atoms with Crippen molar-refractivity contribution in [1.82, 2.24) is 5.43 Å². The Kier molecular flexibility index (Phi) is 5.35. The Morgan fingerprint density at radius 3 is 2.36 bits per heavy atom. The number of urea groups is 1. The number of rotatable bonds is 3. The summed E-state index contributed by atoms with van der Waals surface area (Å²) in [6.07, 6.45) is 0. The van der Waals surface area contributed by atoms with Crippen molar-refractivity contribution in [3.63, 3.8) is 0 Å². The number of nitrogens with one attached hydrogen (secondary N) is 2. The standard InChI is InChI=1S/C15H14Cl2N4O/c1-9-11(16)5-3-7-13(9)18-20-15(22)21-19-14-8-4-6-12(17)10(14)2/h3-8,18H,1-2H3,(H,20,22). The fourth-order valence-electron chi connectivity index (χ4n) is 1.69. The molecule has 2 N–H and O–H groups in total. The summed E-state index contributed by atoms with van der Waals surface area (Å²) < 4.78 is 0. The second-order valence-electron chi connectivity index (χ2n) is 4.55. The normalized spacial score (nSPS) is 10.7. The molecule has 0 aliphatic carbocycles. The number of nitrogens with zero attached hydrogens (tertiary/aromatic N) is 2. The molecule has 2 aromatic rings. The van der Waals surface area contributed by atoms with Gasteiger partial charge in [0.15, 0.2) is 0 Å². The lowest BCUT2D eigenvalue weighted by molar-refractivity contribution is 0.249. The number of hydrazine groups is 1. The topological polar surface area (TPSA) is 65.8 Å². The molecule has 0 heterocycles. The van der Waals surface area contributed by atoms with Crippen LogP contribution in [0.5, 0.6) is 0 Å². The molecule has 5 nitrogen and oxygen atoms in total. The SMILES string of the molecule is Cc1c(Cl)cccc1N=NC(=O)NNc1cccc(Cl)c1C. The predicted octanol–water partition coefficient (Wildman–Crippen LogP) is 5.43. The maximum atomic E-state index is 11.7. The molecule has 0 aromatic heterocycles. The smallest absolute Gasteiger partial charge is 0.297 e. The van der Waals surface area contributed by atoms with Gasteiger partial charge in [0.05, 0.1) is 11.4 Å². The lowest BCUT2D eigenvalue weighted by Crippen LogP contribution is -2.26. The summed E-state index contributed by atoms with van der Waals surface area (Å²) in [5.41, 5.74) is 8.00. The molecular weight excluding hydrogens is 323 g/mol. The van der Waals surface area contributed by atoms with E-state index in [1.807, 2.05) is 13.8 Å². The maximum Gasteiger partial charge on any atom is 0.378 e. The molecule has 0 saturated heterocycles. The zero-order chi connectivity index (χ0) is 16.1. The molecule has 0 aliphatic heterocycles. The minimum atomic E-state index is -0.626. The summed E-state index contributed by atoms with van der Waals surface area (Å²) in [5.74, 6) is 0.